The van der Waals surface area contributed by atoms with Crippen LogP contribution in [-0.4, -0.2) is 73.5 Å². The van der Waals surface area contributed by atoms with Gasteiger partial charge in [0.1, 0.15) is 6.61 Å². The highest BCUT2D eigenvalue weighted by Crippen LogP contribution is 2.36. The van der Waals surface area contributed by atoms with Crippen molar-refractivity contribution in [3.8, 4) is 0 Å². The Bertz CT molecular complexity index is 819. The molecule has 178 valence electrons. The number of rotatable bonds is 8. The van der Waals surface area contributed by atoms with Gasteiger partial charge in [-0.25, -0.2) is 4.79 Å². The summed E-state index contributed by atoms with van der Waals surface area (Å²) in [6, 6.07) is -1.54. The summed E-state index contributed by atoms with van der Waals surface area (Å²) in [5.41, 5.74) is 0. The van der Waals surface area contributed by atoms with Gasteiger partial charge >= 0.3 is 35.6 Å². The molecule has 1 aliphatic heterocycles. The Kier molecular flexibility index (Phi) is 9.17. The first-order valence-electron chi connectivity index (χ1n) is 9.26. The maximum Gasteiger partial charge on any atom is 0.373 e. The summed E-state index contributed by atoms with van der Waals surface area (Å²) >= 11 is 0. The van der Waals surface area contributed by atoms with Gasteiger partial charge in [0.2, 0.25) is 17.8 Å². The predicted molar refractivity (Wildman–Crippen MR) is 101 cm³/mol. The van der Waals surface area contributed by atoms with E-state index in [2.05, 4.69) is 10.1 Å². The number of hydrogen-bond donors (Lipinski definition) is 1. The quantitative estimate of drug-likeness (QED) is 0.357. The van der Waals surface area contributed by atoms with Crippen LogP contribution in [0.2, 0.25) is 0 Å². The number of carbonyl (C=O) groups excluding carboxylic acids is 6. The highest BCUT2D eigenvalue weighted by atomic mass is 16.8. The van der Waals surface area contributed by atoms with Crippen molar-refractivity contribution in [2.75, 3.05) is 13.7 Å². The molecule has 0 saturated carbocycles. The summed E-state index contributed by atoms with van der Waals surface area (Å²) < 4.78 is 30.9. The molecule has 1 heterocycles. The number of methoxy groups -OCH3 is 1. The average molecular weight is 459 g/mol. The van der Waals surface area contributed by atoms with E-state index >= 15 is 0 Å². The van der Waals surface area contributed by atoms with Crippen LogP contribution in [-0.2, 0) is 57.2 Å². The van der Waals surface area contributed by atoms with Crippen LogP contribution in [0.15, 0.2) is 11.8 Å². The molecule has 0 radical (unpaired) electrons. The summed E-state index contributed by atoms with van der Waals surface area (Å²) in [4.78, 5) is 71.1. The van der Waals surface area contributed by atoms with Gasteiger partial charge in [-0.15, -0.1) is 0 Å². The van der Waals surface area contributed by atoms with Gasteiger partial charge in [-0.05, 0) is 0 Å². The first-order valence-corrected chi connectivity index (χ1v) is 9.26. The van der Waals surface area contributed by atoms with Gasteiger partial charge in [0, 0.05) is 40.7 Å². The minimum atomic E-state index is -2.50. The fourth-order valence-electron chi connectivity index (χ4n) is 2.92. The molecule has 4 atom stereocenters. The zero-order chi connectivity index (χ0) is 24.6. The molecule has 0 aliphatic carbocycles. The van der Waals surface area contributed by atoms with Crippen LogP contribution in [0.3, 0.4) is 0 Å². The highest BCUT2D eigenvalue weighted by molar-refractivity contribution is 5.87. The summed E-state index contributed by atoms with van der Waals surface area (Å²) in [5.74, 6) is -8.34. The third-order valence-corrected chi connectivity index (χ3v) is 3.89. The lowest BCUT2D eigenvalue weighted by molar-refractivity contribution is -0.290. The Morgan fingerprint density at radius 2 is 1.62 bits per heavy atom. The molecule has 0 aromatic heterocycles. The lowest BCUT2D eigenvalue weighted by Gasteiger charge is -2.47. The Balaban J connectivity index is 3.80. The molecule has 1 unspecified atom stereocenters. The third kappa shape index (κ3) is 6.96. The highest BCUT2D eigenvalue weighted by Gasteiger charge is 2.61. The molecule has 13 heteroatoms. The van der Waals surface area contributed by atoms with Crippen LogP contribution >= 0.6 is 0 Å². The van der Waals surface area contributed by atoms with E-state index in [1.165, 1.54) is 0 Å². The Morgan fingerprint density at radius 3 is 2.06 bits per heavy atom. The Labute approximate surface area is 183 Å². The monoisotopic (exact) mass is 459 g/mol. The molecule has 1 aliphatic rings. The second-order valence-corrected chi connectivity index (χ2v) is 6.59. The minimum absolute atomic E-state index is 0.582. The molecule has 13 nitrogen and oxygen atoms in total. The standard InChI is InChI=1S/C19H25NO12/c1-9(21)20-17-14(29-11(3)23)7-15(18(26)27-6)32-19(17,31-13(5)25)16(30-12(4)24)8-28-10(2)22/h7,14,16-17H,8H2,1-6H3,(H,20,21)/t14-,16-,17?,19-/m1/s1. The van der Waals surface area contributed by atoms with Gasteiger partial charge in [-0.2, -0.15) is 0 Å². The first-order chi connectivity index (χ1) is 14.8. The third-order valence-electron chi connectivity index (χ3n) is 3.89. The van der Waals surface area contributed by atoms with Gasteiger partial charge < -0.3 is 33.7 Å². The van der Waals surface area contributed by atoms with Crippen molar-refractivity contribution in [3.63, 3.8) is 0 Å². The van der Waals surface area contributed by atoms with Crippen LogP contribution in [0.1, 0.15) is 34.6 Å². The summed E-state index contributed by atoms with van der Waals surface area (Å²) in [5, 5.41) is 2.41. The molecular formula is C19H25NO12. The molecule has 0 fully saturated rings. The SMILES string of the molecule is COC(=O)C1=C[C@@H](OC(C)=O)C(NC(C)=O)[C@@](OC(C)=O)([C@@H](COC(C)=O)OC(C)=O)O1. The molecule has 1 rings (SSSR count). The molecule has 1 N–H and O–H groups in total. The number of amides is 1. The van der Waals surface area contributed by atoms with Crippen molar-refractivity contribution in [1.82, 2.24) is 5.32 Å². The molecule has 0 bridgehead atoms. The Hall–Kier alpha value is -3.64. The van der Waals surface area contributed by atoms with E-state index in [-0.39, 0.29) is 0 Å². The molecule has 32 heavy (non-hydrogen) atoms. The molecule has 0 aromatic rings. The maximum absolute atomic E-state index is 12.2. The van der Waals surface area contributed by atoms with Crippen molar-refractivity contribution >= 4 is 35.8 Å². The van der Waals surface area contributed by atoms with E-state index < -0.39 is 72.2 Å². The van der Waals surface area contributed by atoms with Crippen LogP contribution < -0.4 is 5.32 Å². The van der Waals surface area contributed by atoms with Crippen molar-refractivity contribution in [1.29, 1.82) is 0 Å². The lowest BCUT2D eigenvalue weighted by atomic mass is 9.91. The number of esters is 5. The van der Waals surface area contributed by atoms with Gasteiger partial charge in [0.05, 0.1) is 7.11 Å². The van der Waals surface area contributed by atoms with E-state index in [4.69, 9.17) is 23.7 Å². The van der Waals surface area contributed by atoms with Crippen LogP contribution in [0.25, 0.3) is 0 Å². The van der Waals surface area contributed by atoms with Crippen molar-refractivity contribution in [3.05, 3.63) is 11.8 Å². The van der Waals surface area contributed by atoms with Gasteiger partial charge in [-0.1, -0.05) is 0 Å². The second-order valence-electron chi connectivity index (χ2n) is 6.59. The van der Waals surface area contributed by atoms with E-state index in [0.717, 1.165) is 47.8 Å². The fraction of sp³-hybridized carbons (Fsp3) is 0.579. The van der Waals surface area contributed by atoms with Crippen molar-refractivity contribution in [2.24, 2.45) is 0 Å². The van der Waals surface area contributed by atoms with Gasteiger partial charge in [-0.3, -0.25) is 24.0 Å². The van der Waals surface area contributed by atoms with Crippen LogP contribution in [0.5, 0.6) is 0 Å². The Morgan fingerprint density at radius 1 is 1.00 bits per heavy atom. The second kappa shape index (κ2) is 11.1. The average Bonchev–Trinajstić information content (AvgIpc) is 2.65. The summed E-state index contributed by atoms with van der Waals surface area (Å²) in [6.07, 6.45) is -2.14. The number of hydrogen-bond acceptors (Lipinski definition) is 12. The van der Waals surface area contributed by atoms with Crippen LogP contribution in [0.4, 0.5) is 0 Å². The normalized spacial score (nSPS) is 22.8. The predicted octanol–water partition coefficient (Wildman–Crippen LogP) is -0.736. The van der Waals surface area contributed by atoms with E-state index in [1.807, 2.05) is 0 Å². The summed E-state index contributed by atoms with van der Waals surface area (Å²) in [6.45, 7) is 4.51. The molecular weight excluding hydrogens is 434 g/mol. The number of ether oxygens (including phenoxy) is 6. The van der Waals surface area contributed by atoms with E-state index in [1.54, 1.807) is 0 Å². The fourth-order valence-corrected chi connectivity index (χ4v) is 2.92. The van der Waals surface area contributed by atoms with E-state index in [0.29, 0.717) is 0 Å². The number of carbonyl (C=O) groups is 6. The maximum atomic E-state index is 12.2. The molecule has 0 saturated heterocycles. The summed E-state index contributed by atoms with van der Waals surface area (Å²) in [7, 11) is 1.03. The zero-order valence-corrected chi connectivity index (χ0v) is 18.4. The molecule has 0 aromatic carbocycles. The van der Waals surface area contributed by atoms with Crippen LogP contribution in [0, 0.1) is 0 Å². The molecule has 0 spiro atoms. The topological polar surface area (TPSA) is 170 Å². The number of nitrogens with one attached hydrogen (secondary N) is 1. The first kappa shape index (κ1) is 26.4. The van der Waals surface area contributed by atoms with Gasteiger partial charge in [0.25, 0.3) is 0 Å². The van der Waals surface area contributed by atoms with Crippen molar-refractivity contribution < 1.29 is 57.2 Å². The lowest BCUT2D eigenvalue weighted by Crippen LogP contribution is -2.70. The van der Waals surface area contributed by atoms with Gasteiger partial charge in [0.15, 0.2) is 12.1 Å². The van der Waals surface area contributed by atoms with E-state index in [9.17, 15) is 28.8 Å². The van der Waals surface area contributed by atoms with Crippen molar-refractivity contribution in [2.45, 2.75) is 58.7 Å². The largest absolute Gasteiger partial charge is 0.463 e. The smallest absolute Gasteiger partial charge is 0.373 e. The minimum Gasteiger partial charge on any atom is -0.463 e. The molecule has 1 amide bonds. The zero-order valence-electron chi connectivity index (χ0n) is 18.4.